The van der Waals surface area contributed by atoms with Gasteiger partial charge in [-0.1, -0.05) is 30.3 Å². The summed E-state index contributed by atoms with van der Waals surface area (Å²) in [6.07, 6.45) is 0. The van der Waals surface area contributed by atoms with E-state index in [1.54, 1.807) is 0 Å². The van der Waals surface area contributed by atoms with Crippen LogP contribution < -0.4 is 11.0 Å². The van der Waals surface area contributed by atoms with E-state index in [0.717, 1.165) is 11.4 Å². The number of nitrogens with one attached hydrogen (secondary N) is 2. The van der Waals surface area contributed by atoms with Gasteiger partial charge in [-0.15, -0.1) is 0 Å². The first-order valence-electron chi connectivity index (χ1n) is 4.15. The van der Waals surface area contributed by atoms with Crippen molar-refractivity contribution in [1.82, 2.24) is 0 Å². The molecule has 13 heavy (non-hydrogen) atoms. The van der Waals surface area contributed by atoms with Crippen LogP contribution in [0.5, 0.6) is 0 Å². The van der Waals surface area contributed by atoms with Crippen molar-refractivity contribution in [2.45, 2.75) is 0 Å². The largest absolute Gasteiger partial charge is 0.240 e. The Kier molecular flexibility index (Phi) is 1.23. The number of benzene rings is 2. The van der Waals surface area contributed by atoms with Gasteiger partial charge in [0.1, 0.15) is 0 Å². The van der Waals surface area contributed by atoms with E-state index in [4.69, 9.17) is 4.94 Å². The van der Waals surface area contributed by atoms with E-state index in [9.17, 15) is 0 Å². The highest BCUT2D eigenvalue weighted by Crippen LogP contribution is 2.34. The maximum absolute atomic E-state index is 4.92. The van der Waals surface area contributed by atoms with Gasteiger partial charge in [-0.05, 0) is 11.5 Å². The lowest BCUT2D eigenvalue weighted by molar-refractivity contribution is 0.282. The van der Waals surface area contributed by atoms with Crippen molar-refractivity contribution in [3.05, 3.63) is 36.4 Å². The van der Waals surface area contributed by atoms with E-state index in [-0.39, 0.29) is 0 Å². The Bertz CT molecular complexity index is 467. The molecule has 0 spiro atoms. The summed E-state index contributed by atoms with van der Waals surface area (Å²) in [5.41, 5.74) is 7.61. The molecule has 0 unspecified atom stereocenters. The molecule has 0 aromatic heterocycles. The summed E-state index contributed by atoms with van der Waals surface area (Å²) in [6, 6.07) is 12.3. The molecule has 0 bridgehead atoms. The van der Waals surface area contributed by atoms with Crippen molar-refractivity contribution in [2.75, 3.05) is 11.0 Å². The van der Waals surface area contributed by atoms with Crippen molar-refractivity contribution in [2.24, 2.45) is 0 Å². The molecule has 2 aromatic carbocycles. The minimum absolute atomic E-state index is 0.985. The van der Waals surface area contributed by atoms with Gasteiger partial charge >= 0.3 is 0 Å². The fourth-order valence-electron chi connectivity index (χ4n) is 1.60. The standard InChI is InChI=1S/C10H8N2O/c1-2-4-8-7(3-1)5-6-9-10(8)12-13-11-9/h1-6,11-12H. The number of hydrogen-bond acceptors (Lipinski definition) is 3. The first kappa shape index (κ1) is 6.74. The van der Waals surface area contributed by atoms with Gasteiger partial charge in [0.2, 0.25) is 0 Å². The van der Waals surface area contributed by atoms with Crippen molar-refractivity contribution >= 4 is 22.1 Å². The average Bonchev–Trinajstić information content (AvgIpc) is 2.65. The lowest BCUT2D eigenvalue weighted by Gasteiger charge is -2.01. The van der Waals surface area contributed by atoms with Gasteiger partial charge < -0.3 is 0 Å². The molecule has 1 aliphatic heterocycles. The molecule has 0 fully saturated rings. The predicted molar refractivity (Wildman–Crippen MR) is 52.3 cm³/mol. The second-order valence-corrected chi connectivity index (χ2v) is 3.02. The second kappa shape index (κ2) is 2.37. The lowest BCUT2D eigenvalue weighted by Crippen LogP contribution is -1.94. The van der Waals surface area contributed by atoms with E-state index in [0.29, 0.717) is 0 Å². The predicted octanol–water partition coefficient (Wildman–Crippen LogP) is 2.52. The van der Waals surface area contributed by atoms with Crippen molar-refractivity contribution in [3.8, 4) is 0 Å². The first-order valence-corrected chi connectivity index (χ1v) is 4.15. The summed E-state index contributed by atoms with van der Waals surface area (Å²) in [4.78, 5) is 4.92. The summed E-state index contributed by atoms with van der Waals surface area (Å²) < 4.78 is 0. The number of anilines is 2. The van der Waals surface area contributed by atoms with Gasteiger partial charge in [0.05, 0.1) is 11.4 Å². The van der Waals surface area contributed by atoms with E-state index in [1.807, 2.05) is 18.2 Å². The molecule has 1 heterocycles. The molecule has 0 saturated heterocycles. The quantitative estimate of drug-likeness (QED) is 0.640. The molecule has 0 amide bonds. The Balaban J connectivity index is 2.43. The Hall–Kier alpha value is -1.74. The molecule has 1 aliphatic rings. The fraction of sp³-hybridized carbons (Fsp3) is 0. The molecule has 0 saturated carbocycles. The second-order valence-electron chi connectivity index (χ2n) is 3.02. The topological polar surface area (TPSA) is 33.3 Å². The third-order valence-corrected chi connectivity index (χ3v) is 2.24. The SMILES string of the molecule is c1ccc2c3c(ccc2c1)NON3. The van der Waals surface area contributed by atoms with Gasteiger partial charge in [-0.2, -0.15) is 4.94 Å². The van der Waals surface area contributed by atoms with Crippen LogP contribution in [0.3, 0.4) is 0 Å². The molecule has 64 valence electrons. The van der Waals surface area contributed by atoms with Crippen LogP contribution >= 0.6 is 0 Å². The number of hydrogen-bond donors (Lipinski definition) is 2. The molecule has 2 aromatic rings. The molecule has 3 rings (SSSR count). The van der Waals surface area contributed by atoms with Gasteiger partial charge in [0.25, 0.3) is 0 Å². The third kappa shape index (κ3) is 0.877. The van der Waals surface area contributed by atoms with E-state index >= 15 is 0 Å². The average molecular weight is 172 g/mol. The molecule has 2 N–H and O–H groups in total. The van der Waals surface area contributed by atoms with Gasteiger partial charge in [-0.25, -0.2) is 11.0 Å². The van der Waals surface area contributed by atoms with Crippen LogP contribution in [0.25, 0.3) is 10.8 Å². The fourth-order valence-corrected chi connectivity index (χ4v) is 1.60. The van der Waals surface area contributed by atoms with E-state index in [2.05, 4.69) is 29.2 Å². The Morgan fingerprint density at radius 1 is 0.923 bits per heavy atom. The Morgan fingerprint density at radius 3 is 2.85 bits per heavy atom. The monoisotopic (exact) mass is 172 g/mol. The summed E-state index contributed by atoms with van der Waals surface area (Å²) in [7, 11) is 0. The molecule has 3 heteroatoms. The molecule has 0 aliphatic carbocycles. The van der Waals surface area contributed by atoms with E-state index < -0.39 is 0 Å². The zero-order valence-corrected chi connectivity index (χ0v) is 6.87. The minimum atomic E-state index is 0.985. The summed E-state index contributed by atoms with van der Waals surface area (Å²) >= 11 is 0. The zero-order valence-electron chi connectivity index (χ0n) is 6.87. The smallest absolute Gasteiger partial charge is 0.0962 e. The van der Waals surface area contributed by atoms with E-state index in [1.165, 1.54) is 10.8 Å². The van der Waals surface area contributed by atoms with Crippen LogP contribution in [0.2, 0.25) is 0 Å². The molecule has 0 atom stereocenters. The Morgan fingerprint density at radius 2 is 1.85 bits per heavy atom. The zero-order chi connectivity index (χ0) is 8.67. The maximum atomic E-state index is 4.92. The highest BCUT2D eigenvalue weighted by Gasteiger charge is 2.12. The third-order valence-electron chi connectivity index (χ3n) is 2.24. The normalized spacial score (nSPS) is 13.5. The van der Waals surface area contributed by atoms with Crippen LogP contribution in [0.1, 0.15) is 0 Å². The summed E-state index contributed by atoms with van der Waals surface area (Å²) in [6.45, 7) is 0. The van der Waals surface area contributed by atoms with Gasteiger partial charge in [-0.3, -0.25) is 0 Å². The van der Waals surface area contributed by atoms with Crippen LogP contribution in [0.4, 0.5) is 11.4 Å². The van der Waals surface area contributed by atoms with Gasteiger partial charge in [0.15, 0.2) is 0 Å². The van der Waals surface area contributed by atoms with Crippen molar-refractivity contribution < 1.29 is 4.94 Å². The van der Waals surface area contributed by atoms with Crippen molar-refractivity contribution in [3.63, 3.8) is 0 Å². The highest BCUT2D eigenvalue weighted by atomic mass is 16.8. The number of fused-ring (bicyclic) bond motifs is 3. The summed E-state index contributed by atoms with van der Waals surface area (Å²) in [5.74, 6) is 0. The number of rotatable bonds is 0. The van der Waals surface area contributed by atoms with Gasteiger partial charge in [0, 0.05) is 5.39 Å². The first-order chi connectivity index (χ1) is 6.45. The van der Waals surface area contributed by atoms with Crippen LogP contribution in [-0.2, 0) is 4.94 Å². The summed E-state index contributed by atoms with van der Waals surface area (Å²) in [5, 5.41) is 2.38. The Labute approximate surface area is 75.2 Å². The van der Waals surface area contributed by atoms with Crippen LogP contribution in [0.15, 0.2) is 36.4 Å². The van der Waals surface area contributed by atoms with Crippen LogP contribution in [-0.4, -0.2) is 0 Å². The molecule has 0 radical (unpaired) electrons. The molecule has 3 nitrogen and oxygen atoms in total. The highest BCUT2D eigenvalue weighted by molar-refractivity contribution is 6.00. The van der Waals surface area contributed by atoms with Crippen LogP contribution in [0, 0.1) is 0 Å². The lowest BCUT2D eigenvalue weighted by atomic mass is 10.1. The maximum Gasteiger partial charge on any atom is 0.0962 e. The van der Waals surface area contributed by atoms with Crippen molar-refractivity contribution in [1.29, 1.82) is 0 Å². The molecular weight excluding hydrogens is 164 g/mol. The minimum Gasteiger partial charge on any atom is -0.240 e. The molecular formula is C10H8N2O.